The molecule has 0 fully saturated rings. The molecular weight excluding hydrogens is 282 g/mol. The second-order valence-corrected chi connectivity index (χ2v) is 6.52. The molecule has 2 rings (SSSR count). The first-order chi connectivity index (χ1) is 9.17. The number of fused-ring (bicyclic) bond motifs is 1. The van der Waals surface area contributed by atoms with Gasteiger partial charge >= 0.3 is 11.7 Å². The minimum absolute atomic E-state index is 0.163. The zero-order chi connectivity index (χ0) is 15.1. The summed E-state index contributed by atoms with van der Waals surface area (Å²) in [6, 6.07) is 0. The highest BCUT2D eigenvalue weighted by atomic mass is 32.1. The van der Waals surface area contributed by atoms with Crippen molar-refractivity contribution in [2.45, 2.75) is 39.8 Å². The van der Waals surface area contributed by atoms with E-state index in [0.717, 1.165) is 4.57 Å². The lowest BCUT2D eigenvalue weighted by Crippen LogP contribution is -2.39. The lowest BCUT2D eigenvalue weighted by molar-refractivity contribution is -0.155. The summed E-state index contributed by atoms with van der Waals surface area (Å²) in [4.78, 5) is 42.7. The number of hydrogen-bond acceptors (Lipinski definition) is 6. The predicted octanol–water partition coefficient (Wildman–Crippen LogP) is 0.796. The van der Waals surface area contributed by atoms with E-state index in [1.54, 1.807) is 27.7 Å². The van der Waals surface area contributed by atoms with E-state index in [9.17, 15) is 14.4 Å². The standard InChI is InChI=1S/C12H15N3O4S/c1-6-13-8-9(20-6)14-11(18)15(10(8)17)5-7(16)19-12(2,3)4/h5H2,1-4H3,(H,14,18). The predicted molar refractivity (Wildman–Crippen MR) is 75.1 cm³/mol. The number of carbonyl (C=O) groups excluding carboxylic acids is 1. The normalized spacial score (nSPS) is 11.8. The lowest BCUT2D eigenvalue weighted by Gasteiger charge is -2.19. The second kappa shape index (κ2) is 4.86. The van der Waals surface area contributed by atoms with Gasteiger partial charge in [0.15, 0.2) is 5.52 Å². The van der Waals surface area contributed by atoms with E-state index in [-0.39, 0.29) is 5.52 Å². The summed E-state index contributed by atoms with van der Waals surface area (Å²) < 4.78 is 5.90. The molecule has 0 saturated carbocycles. The summed E-state index contributed by atoms with van der Waals surface area (Å²) in [5.41, 5.74) is -1.74. The van der Waals surface area contributed by atoms with Gasteiger partial charge in [0.1, 0.15) is 17.0 Å². The number of rotatable bonds is 2. The molecule has 0 radical (unpaired) electrons. The van der Waals surface area contributed by atoms with E-state index >= 15 is 0 Å². The van der Waals surface area contributed by atoms with Gasteiger partial charge in [0.2, 0.25) is 0 Å². The van der Waals surface area contributed by atoms with E-state index in [2.05, 4.69) is 9.97 Å². The Balaban J connectivity index is 2.42. The molecule has 2 aromatic rings. The fourth-order valence-electron chi connectivity index (χ4n) is 1.69. The molecule has 0 amide bonds. The van der Waals surface area contributed by atoms with Gasteiger partial charge in [-0.25, -0.2) is 14.3 Å². The molecular formula is C12H15N3O4S. The van der Waals surface area contributed by atoms with Gasteiger partial charge in [-0.05, 0) is 27.7 Å². The highest BCUT2D eigenvalue weighted by Gasteiger charge is 2.19. The van der Waals surface area contributed by atoms with Gasteiger partial charge in [0.25, 0.3) is 5.56 Å². The van der Waals surface area contributed by atoms with Gasteiger partial charge in [-0.2, -0.15) is 0 Å². The Labute approximate surface area is 118 Å². The molecule has 8 heteroatoms. The number of aromatic nitrogens is 3. The summed E-state index contributed by atoms with van der Waals surface area (Å²) in [6.45, 7) is 6.44. The lowest BCUT2D eigenvalue weighted by atomic mass is 10.2. The smallest absolute Gasteiger partial charge is 0.330 e. The van der Waals surface area contributed by atoms with Crippen LogP contribution in [0.1, 0.15) is 25.8 Å². The molecule has 0 aromatic carbocycles. The second-order valence-electron chi connectivity index (χ2n) is 5.32. The maximum atomic E-state index is 12.1. The Morgan fingerprint density at radius 3 is 2.65 bits per heavy atom. The van der Waals surface area contributed by atoms with Crippen molar-refractivity contribution < 1.29 is 9.53 Å². The van der Waals surface area contributed by atoms with Crippen LogP contribution in [0.2, 0.25) is 0 Å². The summed E-state index contributed by atoms with van der Waals surface area (Å²) in [7, 11) is 0. The van der Waals surface area contributed by atoms with Gasteiger partial charge < -0.3 is 4.74 Å². The van der Waals surface area contributed by atoms with Crippen molar-refractivity contribution in [3.8, 4) is 0 Å². The number of nitrogens with one attached hydrogen (secondary N) is 1. The molecule has 0 aliphatic carbocycles. The van der Waals surface area contributed by atoms with Crippen LogP contribution in [0.4, 0.5) is 0 Å². The van der Waals surface area contributed by atoms with Crippen LogP contribution in [-0.4, -0.2) is 26.1 Å². The summed E-state index contributed by atoms with van der Waals surface area (Å²) in [6.07, 6.45) is 0. The Bertz CT molecular complexity index is 779. The fourth-order valence-corrected chi connectivity index (χ4v) is 2.49. The maximum absolute atomic E-state index is 12.1. The van der Waals surface area contributed by atoms with Crippen LogP contribution in [0.5, 0.6) is 0 Å². The van der Waals surface area contributed by atoms with Crippen LogP contribution in [0.15, 0.2) is 9.59 Å². The van der Waals surface area contributed by atoms with Gasteiger partial charge in [-0.3, -0.25) is 14.6 Å². The van der Waals surface area contributed by atoms with E-state index in [0.29, 0.717) is 9.84 Å². The minimum atomic E-state index is -0.672. The minimum Gasteiger partial charge on any atom is -0.459 e. The third-order valence-electron chi connectivity index (χ3n) is 2.35. The molecule has 0 aliphatic rings. The number of ether oxygens (including phenoxy) is 1. The van der Waals surface area contributed by atoms with Crippen LogP contribution >= 0.6 is 11.3 Å². The first-order valence-corrected chi connectivity index (χ1v) is 6.81. The molecule has 0 aliphatic heterocycles. The Kier molecular flexibility index (Phi) is 3.51. The van der Waals surface area contributed by atoms with Crippen LogP contribution in [0.25, 0.3) is 10.3 Å². The number of carbonyl (C=O) groups is 1. The summed E-state index contributed by atoms with van der Waals surface area (Å²) in [5, 5.41) is 0.669. The van der Waals surface area contributed by atoms with Gasteiger partial charge in [0, 0.05) is 0 Å². The molecule has 20 heavy (non-hydrogen) atoms. The number of H-pyrrole nitrogens is 1. The monoisotopic (exact) mass is 297 g/mol. The number of aryl methyl sites for hydroxylation is 1. The van der Waals surface area contributed by atoms with Crippen molar-refractivity contribution in [3.05, 3.63) is 25.8 Å². The average Bonchev–Trinajstić information content (AvgIpc) is 2.62. The molecule has 0 atom stereocenters. The molecule has 0 bridgehead atoms. The number of thiazole rings is 1. The van der Waals surface area contributed by atoms with Crippen molar-refractivity contribution in [2.75, 3.05) is 0 Å². The largest absolute Gasteiger partial charge is 0.459 e. The first kappa shape index (κ1) is 14.4. The van der Waals surface area contributed by atoms with Crippen molar-refractivity contribution >= 4 is 27.7 Å². The molecule has 0 unspecified atom stereocenters. The zero-order valence-electron chi connectivity index (χ0n) is 11.6. The molecule has 0 spiro atoms. The van der Waals surface area contributed by atoms with Crippen LogP contribution in [0, 0.1) is 6.92 Å². The van der Waals surface area contributed by atoms with Gasteiger partial charge in [0.05, 0.1) is 5.01 Å². The Morgan fingerprint density at radius 1 is 1.40 bits per heavy atom. The third kappa shape index (κ3) is 2.96. The number of aromatic amines is 1. The van der Waals surface area contributed by atoms with Crippen molar-refractivity contribution in [2.24, 2.45) is 0 Å². The van der Waals surface area contributed by atoms with E-state index in [1.165, 1.54) is 11.3 Å². The molecule has 7 nitrogen and oxygen atoms in total. The Morgan fingerprint density at radius 2 is 2.05 bits per heavy atom. The van der Waals surface area contributed by atoms with Crippen LogP contribution in [-0.2, 0) is 16.1 Å². The Hall–Kier alpha value is -1.96. The van der Waals surface area contributed by atoms with Crippen molar-refractivity contribution in [3.63, 3.8) is 0 Å². The third-order valence-corrected chi connectivity index (χ3v) is 3.24. The SMILES string of the molecule is Cc1nc2c(=O)n(CC(=O)OC(C)(C)C)c(=O)[nH]c2s1. The number of esters is 1. The van der Waals surface area contributed by atoms with Gasteiger partial charge in [-0.1, -0.05) is 0 Å². The van der Waals surface area contributed by atoms with Crippen molar-refractivity contribution in [1.82, 2.24) is 14.5 Å². The molecule has 2 aromatic heterocycles. The zero-order valence-corrected chi connectivity index (χ0v) is 12.5. The van der Waals surface area contributed by atoms with E-state index in [1.807, 2.05) is 0 Å². The van der Waals surface area contributed by atoms with Crippen molar-refractivity contribution in [1.29, 1.82) is 0 Å². The molecule has 0 saturated heterocycles. The summed E-state index contributed by atoms with van der Waals surface area (Å²) >= 11 is 1.22. The quantitative estimate of drug-likeness (QED) is 0.827. The maximum Gasteiger partial charge on any atom is 0.330 e. The fraction of sp³-hybridized carbons (Fsp3) is 0.500. The molecule has 1 N–H and O–H groups in total. The van der Waals surface area contributed by atoms with Crippen LogP contribution < -0.4 is 11.2 Å². The topological polar surface area (TPSA) is 94.0 Å². The number of nitrogens with zero attached hydrogens (tertiary/aromatic N) is 2. The van der Waals surface area contributed by atoms with Crippen LogP contribution in [0.3, 0.4) is 0 Å². The number of hydrogen-bond donors (Lipinski definition) is 1. The average molecular weight is 297 g/mol. The van der Waals surface area contributed by atoms with Gasteiger partial charge in [-0.15, -0.1) is 11.3 Å². The van der Waals surface area contributed by atoms with E-state index < -0.39 is 29.4 Å². The molecule has 108 valence electrons. The first-order valence-electron chi connectivity index (χ1n) is 5.99. The highest BCUT2D eigenvalue weighted by molar-refractivity contribution is 7.18. The molecule has 2 heterocycles. The summed E-state index contributed by atoms with van der Waals surface area (Å²) in [5.74, 6) is -0.642. The highest BCUT2D eigenvalue weighted by Crippen LogP contribution is 2.14. The van der Waals surface area contributed by atoms with E-state index in [4.69, 9.17) is 4.74 Å².